The molecule has 1 atom stereocenters. The Balaban J connectivity index is 0.00000300. The van der Waals surface area contributed by atoms with Crippen LogP contribution in [0.2, 0.25) is 0 Å². The maximum Gasteiger partial charge on any atom is 0.409 e. The molecule has 1 N–H and O–H groups in total. The van der Waals surface area contributed by atoms with Gasteiger partial charge < -0.3 is 24.8 Å². The van der Waals surface area contributed by atoms with Gasteiger partial charge in [-0.3, -0.25) is 4.99 Å². The molecule has 8 heteroatoms. The first-order chi connectivity index (χ1) is 13.7. The summed E-state index contributed by atoms with van der Waals surface area (Å²) in [5.41, 5.74) is 1.30. The van der Waals surface area contributed by atoms with Gasteiger partial charge in [0.2, 0.25) is 0 Å². The number of carbonyl (C=O) groups is 1. The molecular weight excluding hydrogens is 481 g/mol. The third kappa shape index (κ3) is 6.65. The van der Waals surface area contributed by atoms with Gasteiger partial charge in [0.15, 0.2) is 5.96 Å². The number of amides is 1. The van der Waals surface area contributed by atoms with Crippen LogP contribution < -0.4 is 10.2 Å². The molecule has 2 aliphatic heterocycles. The highest BCUT2D eigenvalue weighted by atomic mass is 127. The van der Waals surface area contributed by atoms with E-state index in [4.69, 9.17) is 9.73 Å². The Morgan fingerprint density at radius 2 is 1.79 bits per heavy atom. The number of nitrogens with zero attached hydrogens (tertiary/aromatic N) is 4. The molecule has 2 fully saturated rings. The van der Waals surface area contributed by atoms with E-state index >= 15 is 0 Å². The van der Waals surface area contributed by atoms with Gasteiger partial charge >= 0.3 is 6.09 Å². The molecule has 0 radical (unpaired) electrons. The molecule has 1 aromatic carbocycles. The second-order valence-electron chi connectivity index (χ2n) is 7.30. The van der Waals surface area contributed by atoms with Crippen LogP contribution in [0.15, 0.2) is 35.3 Å². The first kappa shape index (κ1) is 23.6. The van der Waals surface area contributed by atoms with E-state index in [0.29, 0.717) is 25.6 Å². The molecule has 0 saturated carbocycles. The average molecular weight is 515 g/mol. The van der Waals surface area contributed by atoms with Gasteiger partial charge in [-0.25, -0.2) is 4.79 Å². The van der Waals surface area contributed by atoms with E-state index in [1.807, 2.05) is 6.92 Å². The lowest BCUT2D eigenvalue weighted by molar-refractivity contribution is 0.0914. The molecule has 0 bridgehead atoms. The Labute approximate surface area is 191 Å². The van der Waals surface area contributed by atoms with Crippen molar-refractivity contribution in [1.82, 2.24) is 15.1 Å². The molecule has 0 aromatic heterocycles. The van der Waals surface area contributed by atoms with E-state index in [0.717, 1.165) is 45.2 Å². The van der Waals surface area contributed by atoms with Gasteiger partial charge in [-0.15, -0.1) is 24.0 Å². The molecule has 1 amide bonds. The number of aliphatic imine (C=N–C) groups is 1. The van der Waals surface area contributed by atoms with Gasteiger partial charge in [0.1, 0.15) is 0 Å². The SMILES string of the molecule is CCNC(=NCC1CCN(c2ccccc2)C1)N1CCN(C(=O)OCC)CC1.I. The molecule has 2 saturated heterocycles. The third-order valence-electron chi connectivity index (χ3n) is 5.35. The number of ether oxygens (including phenoxy) is 1. The number of piperazine rings is 1. The number of benzene rings is 1. The number of nitrogens with one attached hydrogen (secondary N) is 1. The van der Waals surface area contributed by atoms with Crippen LogP contribution in [0.3, 0.4) is 0 Å². The van der Waals surface area contributed by atoms with E-state index < -0.39 is 0 Å². The average Bonchev–Trinajstić information content (AvgIpc) is 3.21. The van der Waals surface area contributed by atoms with E-state index in [-0.39, 0.29) is 30.1 Å². The summed E-state index contributed by atoms with van der Waals surface area (Å²) in [5.74, 6) is 1.54. The fourth-order valence-electron chi connectivity index (χ4n) is 3.81. The lowest BCUT2D eigenvalue weighted by atomic mass is 10.1. The number of hydrogen-bond acceptors (Lipinski definition) is 4. The molecule has 0 aliphatic carbocycles. The standard InChI is InChI=1S/C21H33N5O2.HI/c1-3-22-20(24-12-14-25(15-13-24)21(27)28-4-2)23-16-18-10-11-26(17-18)19-8-6-5-7-9-19;/h5-9,18H,3-4,10-17H2,1-2H3,(H,22,23);1H. The van der Waals surface area contributed by atoms with Crippen molar-refractivity contribution in [2.75, 3.05) is 63.9 Å². The number of hydrogen-bond donors (Lipinski definition) is 1. The zero-order valence-corrected chi connectivity index (χ0v) is 19.9. The van der Waals surface area contributed by atoms with E-state index in [2.05, 4.69) is 52.4 Å². The molecule has 7 nitrogen and oxygen atoms in total. The molecule has 29 heavy (non-hydrogen) atoms. The summed E-state index contributed by atoms with van der Waals surface area (Å²) in [6, 6.07) is 10.6. The van der Waals surface area contributed by atoms with Crippen LogP contribution in [-0.2, 0) is 4.74 Å². The van der Waals surface area contributed by atoms with Crippen LogP contribution in [0.4, 0.5) is 10.5 Å². The van der Waals surface area contributed by atoms with Gasteiger partial charge in [0, 0.05) is 58.0 Å². The van der Waals surface area contributed by atoms with Crippen molar-refractivity contribution in [3.05, 3.63) is 30.3 Å². The highest BCUT2D eigenvalue weighted by Gasteiger charge is 2.25. The molecule has 2 heterocycles. The van der Waals surface area contributed by atoms with Crippen LogP contribution in [0.25, 0.3) is 0 Å². The zero-order chi connectivity index (χ0) is 19.8. The highest BCUT2D eigenvalue weighted by molar-refractivity contribution is 14.0. The lowest BCUT2D eigenvalue weighted by Gasteiger charge is -2.36. The van der Waals surface area contributed by atoms with E-state index in [1.165, 1.54) is 12.1 Å². The number of anilines is 1. The molecule has 3 rings (SSSR count). The Morgan fingerprint density at radius 1 is 1.10 bits per heavy atom. The molecule has 1 aromatic rings. The minimum Gasteiger partial charge on any atom is -0.450 e. The largest absolute Gasteiger partial charge is 0.450 e. The molecular formula is C21H34IN5O2. The number of guanidine groups is 1. The van der Waals surface area contributed by atoms with Gasteiger partial charge in [0.05, 0.1) is 6.61 Å². The van der Waals surface area contributed by atoms with Crippen molar-refractivity contribution in [3.63, 3.8) is 0 Å². The second kappa shape index (κ2) is 12.1. The summed E-state index contributed by atoms with van der Waals surface area (Å²) in [4.78, 5) is 23.3. The summed E-state index contributed by atoms with van der Waals surface area (Å²) in [6.45, 7) is 11.1. The minimum absolute atomic E-state index is 0. The van der Waals surface area contributed by atoms with Gasteiger partial charge in [-0.1, -0.05) is 18.2 Å². The van der Waals surface area contributed by atoms with E-state index in [9.17, 15) is 4.79 Å². The minimum atomic E-state index is -0.212. The van der Waals surface area contributed by atoms with Crippen molar-refractivity contribution in [3.8, 4) is 0 Å². The normalized spacial score (nSPS) is 19.7. The topological polar surface area (TPSA) is 60.4 Å². The Bertz CT molecular complexity index is 650. The molecule has 162 valence electrons. The first-order valence-electron chi connectivity index (χ1n) is 10.5. The van der Waals surface area contributed by atoms with Crippen molar-refractivity contribution in [1.29, 1.82) is 0 Å². The molecule has 0 spiro atoms. The summed E-state index contributed by atoms with van der Waals surface area (Å²) >= 11 is 0. The van der Waals surface area contributed by atoms with Crippen molar-refractivity contribution in [2.45, 2.75) is 20.3 Å². The Morgan fingerprint density at radius 3 is 2.45 bits per heavy atom. The lowest BCUT2D eigenvalue weighted by Crippen LogP contribution is -2.54. The first-order valence-corrected chi connectivity index (χ1v) is 10.5. The molecule has 1 unspecified atom stereocenters. The van der Waals surface area contributed by atoms with Crippen LogP contribution in [0, 0.1) is 5.92 Å². The number of halogens is 1. The van der Waals surface area contributed by atoms with Crippen molar-refractivity contribution < 1.29 is 9.53 Å². The highest BCUT2D eigenvalue weighted by Crippen LogP contribution is 2.23. The monoisotopic (exact) mass is 515 g/mol. The van der Waals surface area contributed by atoms with Crippen LogP contribution in [0.1, 0.15) is 20.3 Å². The summed E-state index contributed by atoms with van der Waals surface area (Å²) in [7, 11) is 0. The van der Waals surface area contributed by atoms with Crippen LogP contribution >= 0.6 is 24.0 Å². The van der Waals surface area contributed by atoms with Gasteiger partial charge in [-0.2, -0.15) is 0 Å². The van der Waals surface area contributed by atoms with Crippen LogP contribution in [-0.4, -0.2) is 80.8 Å². The number of para-hydroxylation sites is 1. The fraction of sp³-hybridized carbons (Fsp3) is 0.619. The fourth-order valence-corrected chi connectivity index (χ4v) is 3.81. The maximum absolute atomic E-state index is 11.9. The zero-order valence-electron chi connectivity index (χ0n) is 17.5. The second-order valence-corrected chi connectivity index (χ2v) is 7.30. The predicted octanol–water partition coefficient (Wildman–Crippen LogP) is 2.87. The summed E-state index contributed by atoms with van der Waals surface area (Å²) in [5, 5.41) is 3.42. The van der Waals surface area contributed by atoms with Gasteiger partial charge in [0.25, 0.3) is 0 Å². The third-order valence-corrected chi connectivity index (χ3v) is 5.35. The molecule has 2 aliphatic rings. The van der Waals surface area contributed by atoms with Crippen molar-refractivity contribution in [2.24, 2.45) is 10.9 Å². The maximum atomic E-state index is 11.9. The van der Waals surface area contributed by atoms with Crippen molar-refractivity contribution >= 4 is 41.7 Å². The smallest absolute Gasteiger partial charge is 0.409 e. The number of rotatable bonds is 5. The van der Waals surface area contributed by atoms with E-state index in [1.54, 1.807) is 4.90 Å². The Hall–Kier alpha value is -1.71. The quantitative estimate of drug-likeness (QED) is 0.372. The Kier molecular flexibility index (Phi) is 9.83. The van der Waals surface area contributed by atoms with Gasteiger partial charge in [-0.05, 0) is 38.3 Å². The summed E-state index contributed by atoms with van der Waals surface area (Å²) in [6.07, 6.45) is 0.963. The van der Waals surface area contributed by atoms with Crippen LogP contribution in [0.5, 0.6) is 0 Å². The summed E-state index contributed by atoms with van der Waals surface area (Å²) < 4.78 is 5.10. The predicted molar refractivity (Wildman–Crippen MR) is 128 cm³/mol. The number of carbonyl (C=O) groups excluding carboxylic acids is 1.